The molecule has 4 nitrogen and oxygen atoms in total. The highest BCUT2D eigenvalue weighted by atomic mass is 19.4. The van der Waals surface area contributed by atoms with E-state index in [2.05, 4.69) is 0 Å². The number of carbonyl (C=O) groups excluding carboxylic acids is 1. The van der Waals surface area contributed by atoms with Crippen LogP contribution < -0.4 is 5.56 Å². The lowest BCUT2D eigenvalue weighted by atomic mass is 9.87. The largest absolute Gasteiger partial charge is 0.406 e. The maximum Gasteiger partial charge on any atom is 0.406 e. The number of likely N-dealkylation sites (N-methyl/N-ethyl adjacent to an activating group) is 1. The van der Waals surface area contributed by atoms with E-state index >= 15 is 0 Å². The summed E-state index contributed by atoms with van der Waals surface area (Å²) in [5.41, 5.74) is -1.85. The highest BCUT2D eigenvalue weighted by Gasteiger charge is 2.44. The first-order valence-electron chi connectivity index (χ1n) is 6.86. The minimum absolute atomic E-state index is 0.0739. The molecular formula is C14H15F5N2O2. The van der Waals surface area contributed by atoms with E-state index in [1.165, 1.54) is 0 Å². The fourth-order valence-corrected chi connectivity index (χ4v) is 2.67. The third kappa shape index (κ3) is 3.95. The van der Waals surface area contributed by atoms with Gasteiger partial charge in [-0.05, 0) is 18.7 Å². The van der Waals surface area contributed by atoms with Gasteiger partial charge in [0.05, 0.1) is 11.5 Å². The molecule has 0 saturated carbocycles. The third-order valence-corrected chi connectivity index (χ3v) is 3.84. The van der Waals surface area contributed by atoms with E-state index in [1.54, 1.807) is 11.9 Å². The topological polar surface area (TPSA) is 42.3 Å². The number of hydrogen-bond donors (Lipinski definition) is 0. The molecule has 0 radical (unpaired) electrons. The smallest absolute Gasteiger partial charge is 0.306 e. The summed E-state index contributed by atoms with van der Waals surface area (Å²) in [6.07, 6.45) is -4.28. The summed E-state index contributed by atoms with van der Waals surface area (Å²) in [6.45, 7) is -1.55. The van der Waals surface area contributed by atoms with Crippen LogP contribution in [0.4, 0.5) is 22.0 Å². The van der Waals surface area contributed by atoms with Crippen LogP contribution in [-0.4, -0.2) is 48.0 Å². The lowest BCUT2D eigenvalue weighted by Crippen LogP contribution is -2.44. The molecule has 1 aliphatic rings. The summed E-state index contributed by atoms with van der Waals surface area (Å²) in [7, 11) is 1.62. The quantitative estimate of drug-likeness (QED) is 0.627. The van der Waals surface area contributed by atoms with Gasteiger partial charge in [0.1, 0.15) is 6.54 Å². The van der Waals surface area contributed by atoms with E-state index < -0.39 is 42.1 Å². The lowest BCUT2D eigenvalue weighted by molar-refractivity contribution is -0.141. The normalized spacial score (nSPS) is 22.1. The molecule has 0 aliphatic carbocycles. The molecule has 1 unspecified atom stereocenters. The van der Waals surface area contributed by atoms with Crippen LogP contribution in [0.2, 0.25) is 0 Å². The number of hydrogen-bond acceptors (Lipinski definition) is 3. The number of piperidine rings is 1. The van der Waals surface area contributed by atoms with Crippen LogP contribution in [-0.2, 0) is 6.54 Å². The molecule has 1 aliphatic heterocycles. The summed E-state index contributed by atoms with van der Waals surface area (Å²) < 4.78 is 66.1. The highest BCUT2D eigenvalue weighted by Crippen LogP contribution is 2.39. The number of nitrogens with zero attached hydrogens (tertiary/aromatic N) is 2. The molecule has 2 heterocycles. The number of halogens is 5. The van der Waals surface area contributed by atoms with Gasteiger partial charge in [0, 0.05) is 25.7 Å². The van der Waals surface area contributed by atoms with E-state index in [0.717, 1.165) is 12.3 Å². The monoisotopic (exact) mass is 338 g/mol. The SMILES string of the molecule is CN1CCC(F)(F)C(c2cc(C=O)c(=O)n(CC(F)(F)F)c2)C1. The van der Waals surface area contributed by atoms with Crippen LogP contribution in [0.1, 0.15) is 28.3 Å². The van der Waals surface area contributed by atoms with Crippen molar-refractivity contribution in [2.75, 3.05) is 20.1 Å². The molecule has 1 fully saturated rings. The first-order valence-corrected chi connectivity index (χ1v) is 6.86. The van der Waals surface area contributed by atoms with Crippen LogP contribution in [0.5, 0.6) is 0 Å². The van der Waals surface area contributed by atoms with Gasteiger partial charge in [-0.2, -0.15) is 13.2 Å². The van der Waals surface area contributed by atoms with Gasteiger partial charge in [-0.1, -0.05) is 0 Å². The van der Waals surface area contributed by atoms with Crippen molar-refractivity contribution in [2.45, 2.75) is 31.0 Å². The highest BCUT2D eigenvalue weighted by molar-refractivity contribution is 5.74. The van der Waals surface area contributed by atoms with E-state index in [0.29, 0.717) is 0 Å². The number of aldehydes is 1. The van der Waals surface area contributed by atoms with Gasteiger partial charge in [-0.3, -0.25) is 9.59 Å². The van der Waals surface area contributed by atoms with Crippen molar-refractivity contribution in [3.63, 3.8) is 0 Å². The van der Waals surface area contributed by atoms with E-state index in [4.69, 9.17) is 0 Å². The Morgan fingerprint density at radius 2 is 2.04 bits per heavy atom. The van der Waals surface area contributed by atoms with Gasteiger partial charge >= 0.3 is 6.18 Å². The molecule has 1 aromatic rings. The predicted octanol–water partition coefficient (Wildman–Crippen LogP) is 2.28. The summed E-state index contributed by atoms with van der Waals surface area (Å²) in [4.78, 5) is 24.3. The van der Waals surface area contributed by atoms with Crippen molar-refractivity contribution in [3.05, 3.63) is 33.7 Å². The zero-order chi connectivity index (χ0) is 17.4. The number of likely N-dealkylation sites (tertiary alicyclic amines) is 1. The third-order valence-electron chi connectivity index (χ3n) is 3.84. The summed E-state index contributed by atoms with van der Waals surface area (Å²) >= 11 is 0. The molecule has 0 bridgehead atoms. The van der Waals surface area contributed by atoms with Crippen LogP contribution in [0.25, 0.3) is 0 Å². The number of rotatable bonds is 3. The molecule has 128 valence electrons. The number of aromatic nitrogens is 1. The Morgan fingerprint density at radius 1 is 1.39 bits per heavy atom. The molecule has 0 aromatic carbocycles. The maximum atomic E-state index is 14.1. The van der Waals surface area contributed by atoms with E-state index in [-0.39, 0.29) is 29.5 Å². The summed E-state index contributed by atoms with van der Waals surface area (Å²) in [5.74, 6) is -4.49. The minimum atomic E-state index is -4.70. The second-order valence-electron chi connectivity index (χ2n) is 5.72. The Hall–Kier alpha value is -1.77. The van der Waals surface area contributed by atoms with Crippen molar-refractivity contribution in [3.8, 4) is 0 Å². The van der Waals surface area contributed by atoms with Gasteiger partial charge in [-0.15, -0.1) is 0 Å². The molecule has 23 heavy (non-hydrogen) atoms. The lowest BCUT2D eigenvalue weighted by Gasteiger charge is -2.37. The second kappa shape index (κ2) is 6.03. The number of carbonyl (C=O) groups is 1. The molecule has 1 atom stereocenters. The van der Waals surface area contributed by atoms with Gasteiger partial charge in [0.15, 0.2) is 6.29 Å². The van der Waals surface area contributed by atoms with Crippen molar-refractivity contribution in [1.29, 1.82) is 0 Å². The summed E-state index contributed by atoms with van der Waals surface area (Å²) in [6, 6.07) is 0.958. The molecule has 2 rings (SSSR count). The van der Waals surface area contributed by atoms with Gasteiger partial charge in [0.25, 0.3) is 11.5 Å². The average molecular weight is 338 g/mol. The van der Waals surface area contributed by atoms with Crippen molar-refractivity contribution >= 4 is 6.29 Å². The fraction of sp³-hybridized carbons (Fsp3) is 0.571. The van der Waals surface area contributed by atoms with Gasteiger partial charge in [-0.25, -0.2) is 8.78 Å². The van der Waals surface area contributed by atoms with Gasteiger partial charge < -0.3 is 9.47 Å². The molecule has 1 saturated heterocycles. The Bertz CT molecular complexity index is 654. The Morgan fingerprint density at radius 3 is 2.61 bits per heavy atom. The summed E-state index contributed by atoms with van der Waals surface area (Å²) in [5, 5.41) is 0. The van der Waals surface area contributed by atoms with Crippen LogP contribution in [0.15, 0.2) is 17.1 Å². The first kappa shape index (κ1) is 17.6. The molecule has 0 N–H and O–H groups in total. The van der Waals surface area contributed by atoms with Crippen LogP contribution in [0, 0.1) is 0 Å². The Kier molecular flexibility index (Phi) is 4.61. The molecule has 9 heteroatoms. The Balaban J connectivity index is 2.51. The first-order chi connectivity index (χ1) is 10.5. The molecule has 0 spiro atoms. The van der Waals surface area contributed by atoms with Crippen molar-refractivity contribution < 1.29 is 26.7 Å². The standard InChI is InChI=1S/C14H15F5N2O2/c1-20-3-2-13(15,16)11(6-20)9-4-10(7-22)12(23)21(5-9)8-14(17,18)19/h4-5,7,11H,2-3,6,8H2,1H3. The average Bonchev–Trinajstić information content (AvgIpc) is 2.42. The van der Waals surface area contributed by atoms with Crippen LogP contribution in [0.3, 0.4) is 0 Å². The maximum absolute atomic E-state index is 14.1. The zero-order valence-electron chi connectivity index (χ0n) is 12.2. The second-order valence-corrected chi connectivity index (χ2v) is 5.72. The van der Waals surface area contributed by atoms with Crippen LogP contribution >= 0.6 is 0 Å². The minimum Gasteiger partial charge on any atom is -0.306 e. The Labute approximate surface area is 128 Å². The predicted molar refractivity (Wildman–Crippen MR) is 71.9 cm³/mol. The van der Waals surface area contributed by atoms with Crippen molar-refractivity contribution in [2.24, 2.45) is 0 Å². The molecule has 1 aromatic heterocycles. The molecular weight excluding hydrogens is 323 g/mol. The molecule has 0 amide bonds. The fourth-order valence-electron chi connectivity index (χ4n) is 2.67. The van der Waals surface area contributed by atoms with Gasteiger partial charge in [0.2, 0.25) is 0 Å². The number of alkyl halides is 5. The van der Waals surface area contributed by atoms with E-state index in [1.807, 2.05) is 0 Å². The zero-order valence-corrected chi connectivity index (χ0v) is 12.2. The number of pyridine rings is 1. The van der Waals surface area contributed by atoms with Crippen molar-refractivity contribution in [1.82, 2.24) is 9.47 Å². The van der Waals surface area contributed by atoms with E-state index in [9.17, 15) is 31.5 Å².